The highest BCUT2D eigenvalue weighted by molar-refractivity contribution is 5.94. The lowest BCUT2D eigenvalue weighted by molar-refractivity contribution is -0.928. The Labute approximate surface area is 268 Å². The van der Waals surface area contributed by atoms with Crippen LogP contribution in [0.1, 0.15) is 29.8 Å². The maximum atomic E-state index is 14.2. The van der Waals surface area contributed by atoms with Crippen LogP contribution in [0.15, 0.2) is 71.3 Å². The predicted molar refractivity (Wildman–Crippen MR) is 172 cm³/mol. The molecule has 5 rings (SSSR count). The lowest BCUT2D eigenvalue weighted by atomic mass is 9.96. The number of ether oxygens (including phenoxy) is 2. The molecule has 3 aromatic carbocycles. The highest BCUT2D eigenvalue weighted by Crippen LogP contribution is 2.32. The number of nitrogens with two attached hydrogens (primary N) is 1. The van der Waals surface area contributed by atoms with E-state index in [2.05, 4.69) is 22.5 Å². The van der Waals surface area contributed by atoms with E-state index in [4.69, 9.17) is 19.7 Å². The van der Waals surface area contributed by atoms with Crippen LogP contribution in [0.5, 0.6) is 17.2 Å². The highest BCUT2D eigenvalue weighted by Gasteiger charge is 2.41. The van der Waals surface area contributed by atoms with Crippen molar-refractivity contribution in [2.24, 2.45) is 5.73 Å². The first-order chi connectivity index (χ1) is 22.1. The Kier molecular flexibility index (Phi) is 9.76. The van der Waals surface area contributed by atoms with Gasteiger partial charge in [0.2, 0.25) is 5.91 Å². The second-order valence-electron chi connectivity index (χ2n) is 12.0. The van der Waals surface area contributed by atoms with E-state index in [1.165, 1.54) is 0 Å². The van der Waals surface area contributed by atoms with Crippen molar-refractivity contribution in [3.05, 3.63) is 83.7 Å². The second kappa shape index (κ2) is 13.9. The number of aromatic hydroxyl groups is 1. The molecule has 1 aliphatic heterocycles. The van der Waals surface area contributed by atoms with Crippen LogP contribution in [-0.4, -0.2) is 83.0 Å². The number of hydrogen-bond donors (Lipinski definition) is 3. The molecule has 1 aliphatic rings. The normalized spacial score (nSPS) is 18.4. The zero-order valence-electron chi connectivity index (χ0n) is 26.6. The number of likely N-dealkylation sites (N-methyl/N-ethyl adjacent to an activating group) is 1. The van der Waals surface area contributed by atoms with Crippen LogP contribution in [0.3, 0.4) is 0 Å². The second-order valence-corrected chi connectivity index (χ2v) is 12.0. The molecule has 3 atom stereocenters. The van der Waals surface area contributed by atoms with Crippen LogP contribution in [-0.2, 0) is 17.8 Å². The molecule has 0 aliphatic carbocycles. The number of aromatic nitrogens is 2. The van der Waals surface area contributed by atoms with E-state index in [9.17, 15) is 14.7 Å². The lowest BCUT2D eigenvalue weighted by Gasteiger charge is -2.46. The standard InChI is InChI=1S/C34H40N6O6/c1-22-36-33(46-38-22)25-10-12-26(13-11-25)37-34(43)39(29(32(35)42)18-23-7-14-28(41)15-8-23)27-6-5-17-40(2,21-27)20-24-9-16-30(44-3)31(19-24)45-4/h7-16,19,27,29H,5-6,17-18,20-21H2,1-4H3,(H3-,35,36,37,38,41,42,43)/p+1/t27-,29+,40?/m1/s1. The predicted octanol–water partition coefficient (Wildman–Crippen LogP) is 4.51. The Morgan fingerprint density at radius 3 is 2.39 bits per heavy atom. The van der Waals surface area contributed by atoms with Gasteiger partial charge in [0.1, 0.15) is 18.3 Å². The summed E-state index contributed by atoms with van der Waals surface area (Å²) in [6.45, 7) is 3.95. The van der Waals surface area contributed by atoms with Gasteiger partial charge < -0.3 is 39.5 Å². The fourth-order valence-corrected chi connectivity index (χ4v) is 6.24. The van der Waals surface area contributed by atoms with Gasteiger partial charge >= 0.3 is 6.03 Å². The molecule has 0 bridgehead atoms. The molecule has 4 N–H and O–H groups in total. The van der Waals surface area contributed by atoms with Crippen molar-refractivity contribution >= 4 is 17.6 Å². The van der Waals surface area contributed by atoms with E-state index in [1.54, 1.807) is 74.6 Å². The summed E-state index contributed by atoms with van der Waals surface area (Å²) in [7, 11) is 5.38. The molecule has 242 valence electrons. The molecule has 0 saturated carbocycles. The van der Waals surface area contributed by atoms with E-state index in [-0.39, 0.29) is 18.2 Å². The van der Waals surface area contributed by atoms with E-state index in [0.29, 0.717) is 58.5 Å². The minimum Gasteiger partial charge on any atom is -0.508 e. The summed E-state index contributed by atoms with van der Waals surface area (Å²) in [6.07, 6.45) is 1.76. The van der Waals surface area contributed by atoms with Gasteiger partial charge in [0.25, 0.3) is 5.89 Å². The van der Waals surface area contributed by atoms with E-state index >= 15 is 0 Å². The third kappa shape index (κ3) is 7.57. The first-order valence-corrected chi connectivity index (χ1v) is 15.2. The fourth-order valence-electron chi connectivity index (χ4n) is 6.24. The van der Waals surface area contributed by atoms with Crippen LogP contribution in [0.25, 0.3) is 11.5 Å². The summed E-state index contributed by atoms with van der Waals surface area (Å²) in [5.41, 5.74) is 9.13. The Bertz CT molecular complexity index is 1660. The highest BCUT2D eigenvalue weighted by atomic mass is 16.5. The lowest BCUT2D eigenvalue weighted by Crippen LogP contribution is -2.62. The first kappa shape index (κ1) is 32.3. The quantitative estimate of drug-likeness (QED) is 0.205. The van der Waals surface area contributed by atoms with Gasteiger partial charge in [-0.3, -0.25) is 4.79 Å². The monoisotopic (exact) mass is 629 g/mol. The molecular formula is C34H41N6O6+. The number of rotatable bonds is 11. The largest absolute Gasteiger partial charge is 0.508 e. The van der Waals surface area contributed by atoms with E-state index in [0.717, 1.165) is 24.1 Å². The number of methoxy groups -OCH3 is 2. The van der Waals surface area contributed by atoms with Crippen molar-refractivity contribution in [2.45, 2.75) is 44.8 Å². The summed E-state index contributed by atoms with van der Waals surface area (Å²) < 4.78 is 16.8. The number of urea groups is 1. The number of quaternary nitrogens is 1. The smallest absolute Gasteiger partial charge is 0.323 e. The summed E-state index contributed by atoms with van der Waals surface area (Å²) in [5.74, 6) is 1.73. The molecule has 12 heteroatoms. The number of carbonyl (C=O) groups is 2. The van der Waals surface area contributed by atoms with Crippen LogP contribution in [0.4, 0.5) is 10.5 Å². The molecule has 1 unspecified atom stereocenters. The number of carbonyl (C=O) groups excluding carboxylic acids is 2. The van der Waals surface area contributed by atoms with Crippen molar-refractivity contribution in [1.82, 2.24) is 15.0 Å². The molecule has 2 heterocycles. The van der Waals surface area contributed by atoms with Crippen molar-refractivity contribution in [1.29, 1.82) is 0 Å². The Morgan fingerprint density at radius 1 is 1.07 bits per heavy atom. The molecule has 0 radical (unpaired) electrons. The van der Waals surface area contributed by atoms with Gasteiger partial charge in [-0.2, -0.15) is 4.98 Å². The van der Waals surface area contributed by atoms with Gasteiger partial charge in [0, 0.05) is 23.2 Å². The molecule has 3 amide bonds. The minimum atomic E-state index is -0.928. The molecule has 46 heavy (non-hydrogen) atoms. The first-order valence-electron chi connectivity index (χ1n) is 15.2. The topological polar surface area (TPSA) is 153 Å². The molecular weight excluding hydrogens is 588 g/mol. The summed E-state index contributed by atoms with van der Waals surface area (Å²) in [5, 5.41) is 16.6. The SMILES string of the molecule is COc1ccc(C[N+]2(C)CCC[C@@H](N(C(=O)Nc3ccc(-c4nc(C)no4)cc3)[C@@H](Cc3ccc(O)cc3)C(N)=O)C2)cc1OC. The zero-order valence-corrected chi connectivity index (χ0v) is 26.6. The zero-order chi connectivity index (χ0) is 32.8. The average molecular weight is 630 g/mol. The van der Waals surface area contributed by atoms with Crippen molar-refractivity contribution in [3.8, 4) is 28.7 Å². The molecule has 0 spiro atoms. The van der Waals surface area contributed by atoms with Gasteiger partial charge in [-0.15, -0.1) is 0 Å². The molecule has 1 saturated heterocycles. The van der Waals surface area contributed by atoms with Crippen LogP contribution >= 0.6 is 0 Å². The van der Waals surface area contributed by atoms with Crippen LogP contribution in [0.2, 0.25) is 0 Å². The van der Waals surface area contributed by atoms with Crippen molar-refractivity contribution in [2.75, 3.05) is 39.7 Å². The Hall–Kier alpha value is -5.10. The number of nitrogens with one attached hydrogen (secondary N) is 1. The number of benzene rings is 3. The number of piperidine rings is 1. The van der Waals surface area contributed by atoms with E-state index in [1.807, 2.05) is 18.2 Å². The van der Waals surface area contributed by atoms with Gasteiger partial charge in [-0.25, -0.2) is 4.79 Å². The fraction of sp³-hybridized carbons (Fsp3) is 0.353. The number of likely N-dealkylation sites (tertiary alicyclic amines) is 1. The maximum Gasteiger partial charge on any atom is 0.323 e. The molecule has 1 fully saturated rings. The van der Waals surface area contributed by atoms with E-state index < -0.39 is 18.0 Å². The van der Waals surface area contributed by atoms with Crippen molar-refractivity contribution < 1.29 is 33.2 Å². The third-order valence-corrected chi connectivity index (χ3v) is 8.47. The molecule has 1 aromatic heterocycles. The third-order valence-electron chi connectivity index (χ3n) is 8.47. The number of aryl methyl sites for hydroxylation is 1. The number of amides is 3. The van der Waals surface area contributed by atoms with Gasteiger partial charge in [-0.05, 0) is 79.9 Å². The Balaban J connectivity index is 1.42. The average Bonchev–Trinajstić information content (AvgIpc) is 3.48. The number of hydrogen-bond acceptors (Lipinski definition) is 8. The van der Waals surface area contributed by atoms with Gasteiger partial charge in [0.05, 0.1) is 40.4 Å². The summed E-state index contributed by atoms with van der Waals surface area (Å²) in [6, 6.07) is 17.9. The van der Waals surface area contributed by atoms with Crippen molar-refractivity contribution in [3.63, 3.8) is 0 Å². The number of phenols is 1. The number of primary amides is 1. The number of nitrogens with zero attached hydrogens (tertiary/aromatic N) is 4. The van der Waals surface area contributed by atoms with Gasteiger partial charge in [-0.1, -0.05) is 17.3 Å². The Morgan fingerprint density at radius 2 is 1.76 bits per heavy atom. The molecule has 4 aromatic rings. The minimum absolute atomic E-state index is 0.114. The molecule has 12 nitrogen and oxygen atoms in total. The summed E-state index contributed by atoms with van der Waals surface area (Å²) in [4.78, 5) is 33.1. The summed E-state index contributed by atoms with van der Waals surface area (Å²) >= 11 is 0. The van der Waals surface area contributed by atoms with Crippen LogP contribution < -0.4 is 20.5 Å². The maximum absolute atomic E-state index is 14.2. The van der Waals surface area contributed by atoms with Gasteiger partial charge in [0.15, 0.2) is 17.3 Å². The van der Waals surface area contributed by atoms with Crippen LogP contribution in [0, 0.1) is 6.92 Å². The number of anilines is 1. The number of phenolic OH excluding ortho intramolecular Hbond substituents is 1.